The molecule has 0 aromatic heterocycles. The molecule has 0 saturated heterocycles. The van der Waals surface area contributed by atoms with Gasteiger partial charge in [-0.1, -0.05) is 20.8 Å². The molecule has 0 aromatic rings. The molecular weight excluding hydrogens is 222 g/mol. The van der Waals surface area contributed by atoms with Gasteiger partial charge in [-0.2, -0.15) is 0 Å². The number of carboxylic acid groups (broad SMARTS) is 2. The average Bonchev–Trinajstić information content (AvgIpc) is 2.36. The zero-order chi connectivity index (χ0) is 13.2. The quantitative estimate of drug-likeness (QED) is 0.760. The number of rotatable bonds is 5. The van der Waals surface area contributed by atoms with Crippen LogP contribution in [-0.2, 0) is 9.59 Å². The fraction of sp³-hybridized carbons (Fsp3) is 0.833. The molecule has 0 spiro atoms. The molecule has 0 aromatic carbocycles. The summed E-state index contributed by atoms with van der Waals surface area (Å²) in [6.07, 6.45) is 1.86. The third-order valence-corrected chi connectivity index (χ3v) is 3.44. The van der Waals surface area contributed by atoms with Crippen molar-refractivity contribution in [3.63, 3.8) is 0 Å². The fourth-order valence-electron chi connectivity index (χ4n) is 2.99. The number of carbonyl (C=O) groups is 2. The number of nitrogens with zero attached hydrogens (tertiary/aromatic N) is 1. The number of aliphatic carboxylic acids is 2. The van der Waals surface area contributed by atoms with Crippen molar-refractivity contribution >= 4 is 11.9 Å². The first-order valence-corrected chi connectivity index (χ1v) is 5.89. The maximum atomic E-state index is 10.8. The maximum Gasteiger partial charge on any atom is 0.317 e. The van der Waals surface area contributed by atoms with Gasteiger partial charge in [-0.3, -0.25) is 14.5 Å². The molecule has 98 valence electrons. The van der Waals surface area contributed by atoms with E-state index in [0.717, 1.165) is 12.8 Å². The molecule has 0 heterocycles. The molecule has 1 fully saturated rings. The SMILES string of the molecule is CC1CC(C)(C)CC1N(CC(=O)O)CC(=O)O. The summed E-state index contributed by atoms with van der Waals surface area (Å²) < 4.78 is 0. The first-order valence-electron chi connectivity index (χ1n) is 5.89. The van der Waals surface area contributed by atoms with Gasteiger partial charge in [-0.25, -0.2) is 0 Å². The molecule has 2 unspecified atom stereocenters. The predicted octanol–water partition coefficient (Wildman–Crippen LogP) is 1.28. The molecule has 1 rings (SSSR count). The summed E-state index contributed by atoms with van der Waals surface area (Å²) >= 11 is 0. The van der Waals surface area contributed by atoms with E-state index >= 15 is 0 Å². The molecule has 1 aliphatic carbocycles. The fourth-order valence-corrected chi connectivity index (χ4v) is 2.99. The Balaban J connectivity index is 2.76. The second kappa shape index (κ2) is 5.04. The summed E-state index contributed by atoms with van der Waals surface area (Å²) in [7, 11) is 0. The van der Waals surface area contributed by atoms with Gasteiger partial charge in [-0.05, 0) is 24.2 Å². The van der Waals surface area contributed by atoms with E-state index in [4.69, 9.17) is 10.2 Å². The van der Waals surface area contributed by atoms with Gasteiger partial charge in [0.05, 0.1) is 13.1 Å². The van der Waals surface area contributed by atoms with E-state index in [1.54, 1.807) is 4.90 Å². The smallest absolute Gasteiger partial charge is 0.317 e. The highest BCUT2D eigenvalue weighted by molar-refractivity contribution is 5.72. The molecule has 0 aliphatic heterocycles. The van der Waals surface area contributed by atoms with Crippen LogP contribution < -0.4 is 0 Å². The second-order valence-electron chi connectivity index (χ2n) is 5.81. The molecule has 5 heteroatoms. The topological polar surface area (TPSA) is 77.8 Å². The number of hydrogen-bond acceptors (Lipinski definition) is 3. The predicted molar refractivity (Wildman–Crippen MR) is 62.8 cm³/mol. The standard InChI is InChI=1S/C12H21NO4/c1-8-4-12(2,3)5-9(8)13(6-10(14)15)7-11(16)17/h8-9H,4-7H2,1-3H3,(H,14,15)(H,16,17). The van der Waals surface area contributed by atoms with Crippen LogP contribution in [0, 0.1) is 11.3 Å². The van der Waals surface area contributed by atoms with Crippen LogP contribution in [0.1, 0.15) is 33.6 Å². The third-order valence-electron chi connectivity index (χ3n) is 3.44. The lowest BCUT2D eigenvalue weighted by atomic mass is 9.91. The van der Waals surface area contributed by atoms with Crippen molar-refractivity contribution in [2.75, 3.05) is 13.1 Å². The van der Waals surface area contributed by atoms with E-state index in [0.29, 0.717) is 5.92 Å². The Morgan fingerprint density at radius 2 is 1.65 bits per heavy atom. The van der Waals surface area contributed by atoms with E-state index in [2.05, 4.69) is 20.8 Å². The summed E-state index contributed by atoms with van der Waals surface area (Å²) in [4.78, 5) is 23.1. The Morgan fingerprint density at radius 3 is 1.94 bits per heavy atom. The van der Waals surface area contributed by atoms with Crippen LogP contribution in [0.25, 0.3) is 0 Å². The largest absolute Gasteiger partial charge is 0.480 e. The van der Waals surface area contributed by atoms with Crippen LogP contribution in [0.4, 0.5) is 0 Å². The third kappa shape index (κ3) is 4.00. The van der Waals surface area contributed by atoms with Crippen molar-refractivity contribution < 1.29 is 19.8 Å². The van der Waals surface area contributed by atoms with Gasteiger partial charge in [0.2, 0.25) is 0 Å². The molecule has 0 amide bonds. The summed E-state index contributed by atoms with van der Waals surface area (Å²) in [6, 6.07) is 0.0530. The van der Waals surface area contributed by atoms with Crippen LogP contribution in [0.5, 0.6) is 0 Å². The normalized spacial score (nSPS) is 27.3. The minimum Gasteiger partial charge on any atom is -0.480 e. The molecule has 0 bridgehead atoms. The highest BCUT2D eigenvalue weighted by Crippen LogP contribution is 2.43. The van der Waals surface area contributed by atoms with Gasteiger partial charge < -0.3 is 10.2 Å². The minimum absolute atomic E-state index is 0.0530. The van der Waals surface area contributed by atoms with Gasteiger partial charge in [0.25, 0.3) is 0 Å². The van der Waals surface area contributed by atoms with Gasteiger partial charge in [0.15, 0.2) is 0 Å². The zero-order valence-corrected chi connectivity index (χ0v) is 10.6. The highest BCUT2D eigenvalue weighted by Gasteiger charge is 2.40. The van der Waals surface area contributed by atoms with Crippen LogP contribution in [0.3, 0.4) is 0 Å². The van der Waals surface area contributed by atoms with Crippen molar-refractivity contribution in [2.24, 2.45) is 11.3 Å². The van der Waals surface area contributed by atoms with E-state index in [-0.39, 0.29) is 24.5 Å². The molecule has 17 heavy (non-hydrogen) atoms. The maximum absolute atomic E-state index is 10.8. The lowest BCUT2D eigenvalue weighted by molar-refractivity contribution is -0.143. The Morgan fingerprint density at radius 1 is 1.18 bits per heavy atom. The van der Waals surface area contributed by atoms with Gasteiger partial charge in [-0.15, -0.1) is 0 Å². The summed E-state index contributed by atoms with van der Waals surface area (Å²) in [5.74, 6) is -1.60. The van der Waals surface area contributed by atoms with Crippen LogP contribution in [0.2, 0.25) is 0 Å². The number of carboxylic acids is 2. The van der Waals surface area contributed by atoms with E-state index in [9.17, 15) is 9.59 Å². The Hall–Kier alpha value is -1.10. The van der Waals surface area contributed by atoms with Crippen LogP contribution in [-0.4, -0.2) is 46.2 Å². The first kappa shape index (κ1) is 14.0. The van der Waals surface area contributed by atoms with Gasteiger partial charge >= 0.3 is 11.9 Å². The molecule has 1 aliphatic rings. The van der Waals surface area contributed by atoms with Crippen molar-refractivity contribution in [1.29, 1.82) is 0 Å². The summed E-state index contributed by atoms with van der Waals surface area (Å²) in [5.41, 5.74) is 0.166. The van der Waals surface area contributed by atoms with E-state index < -0.39 is 11.9 Å². The summed E-state index contributed by atoms with van der Waals surface area (Å²) in [6.45, 7) is 5.96. The molecule has 5 nitrogen and oxygen atoms in total. The molecular formula is C12H21NO4. The molecule has 2 atom stereocenters. The van der Waals surface area contributed by atoms with Crippen molar-refractivity contribution in [3.8, 4) is 0 Å². The van der Waals surface area contributed by atoms with Crippen molar-refractivity contribution in [2.45, 2.75) is 39.7 Å². The molecule has 2 N–H and O–H groups in total. The van der Waals surface area contributed by atoms with Crippen LogP contribution >= 0.6 is 0 Å². The second-order valence-corrected chi connectivity index (χ2v) is 5.81. The number of hydrogen-bond donors (Lipinski definition) is 2. The van der Waals surface area contributed by atoms with Gasteiger partial charge in [0, 0.05) is 6.04 Å². The Bertz CT molecular complexity index is 298. The molecule has 0 radical (unpaired) electrons. The first-order chi connectivity index (χ1) is 7.71. The lowest BCUT2D eigenvalue weighted by Gasteiger charge is -2.29. The van der Waals surface area contributed by atoms with Crippen molar-refractivity contribution in [1.82, 2.24) is 4.90 Å². The van der Waals surface area contributed by atoms with Crippen LogP contribution in [0.15, 0.2) is 0 Å². The Kier molecular flexibility index (Phi) is 4.14. The molecule has 1 saturated carbocycles. The van der Waals surface area contributed by atoms with Gasteiger partial charge in [0.1, 0.15) is 0 Å². The Labute approximate surface area is 101 Å². The average molecular weight is 243 g/mol. The lowest BCUT2D eigenvalue weighted by Crippen LogP contribution is -2.43. The summed E-state index contributed by atoms with van der Waals surface area (Å²) in [5, 5.41) is 17.7. The van der Waals surface area contributed by atoms with Crippen molar-refractivity contribution in [3.05, 3.63) is 0 Å². The van der Waals surface area contributed by atoms with E-state index in [1.807, 2.05) is 0 Å². The highest BCUT2D eigenvalue weighted by atomic mass is 16.4. The minimum atomic E-state index is -0.969. The monoisotopic (exact) mass is 243 g/mol. The zero-order valence-electron chi connectivity index (χ0n) is 10.6. The van der Waals surface area contributed by atoms with E-state index in [1.165, 1.54) is 0 Å².